The monoisotopic (exact) mass is 252 g/mol. The molecule has 0 saturated carbocycles. The third-order valence-corrected chi connectivity index (χ3v) is 3.12. The largest absolute Gasteiger partial charge is 0.478 e. The number of aromatic carboxylic acids is 1. The van der Waals surface area contributed by atoms with Gasteiger partial charge < -0.3 is 5.11 Å². The second-order valence-corrected chi connectivity index (χ2v) is 4.30. The maximum absolute atomic E-state index is 11.6. The predicted octanol–water partition coefficient (Wildman–Crippen LogP) is 0.386. The van der Waals surface area contributed by atoms with Crippen LogP contribution < -0.4 is 4.90 Å². The predicted molar refractivity (Wildman–Crippen MR) is 61.0 cm³/mol. The molecule has 2 rings (SSSR count). The normalized spacial score (nSPS) is 16.1. The first kappa shape index (κ1) is 11.6. The van der Waals surface area contributed by atoms with Gasteiger partial charge in [-0.05, 0) is 6.07 Å². The number of hydrogen-bond donors (Lipinski definition) is 1. The molecule has 1 N–H and O–H groups in total. The molecule has 1 fully saturated rings. The molecule has 1 aliphatic heterocycles. The van der Waals surface area contributed by atoms with Crippen molar-refractivity contribution in [1.82, 2.24) is 4.98 Å². The Bertz CT molecular complexity index is 487. The molecule has 0 unspecified atom stereocenters. The molecule has 2 amide bonds. The van der Waals surface area contributed by atoms with E-state index in [0.29, 0.717) is 0 Å². The minimum absolute atomic E-state index is 0.0373. The Labute approximate surface area is 101 Å². The van der Waals surface area contributed by atoms with Crippen molar-refractivity contribution in [2.24, 2.45) is 0 Å². The molecule has 0 aromatic carbocycles. The number of carbonyl (C=O) groups excluding carboxylic acids is 2. The first-order valence-electron chi connectivity index (χ1n) is 4.72. The molecule has 2 heterocycles. The van der Waals surface area contributed by atoms with Crippen molar-refractivity contribution in [2.45, 2.75) is 0 Å². The lowest BCUT2D eigenvalue weighted by molar-refractivity contribution is -0.124. The summed E-state index contributed by atoms with van der Waals surface area (Å²) in [5, 5.41) is 8.99. The van der Waals surface area contributed by atoms with Crippen LogP contribution in [0, 0.1) is 0 Å². The molecule has 7 heteroatoms. The van der Waals surface area contributed by atoms with E-state index in [1.54, 1.807) is 0 Å². The molecule has 1 aromatic rings. The summed E-state index contributed by atoms with van der Waals surface area (Å²) in [6.07, 6.45) is 2.52. The molecule has 1 saturated heterocycles. The summed E-state index contributed by atoms with van der Waals surface area (Å²) in [5.74, 6) is -1.69. The van der Waals surface area contributed by atoms with Gasteiger partial charge in [-0.3, -0.25) is 14.6 Å². The average Bonchev–Trinajstić information content (AvgIpc) is 2.29. The Morgan fingerprint density at radius 2 is 2.00 bits per heavy atom. The van der Waals surface area contributed by atoms with Crippen LogP contribution in [0.2, 0.25) is 0 Å². The molecule has 1 aliphatic rings. The fourth-order valence-electron chi connectivity index (χ4n) is 1.51. The molecule has 1 aromatic heterocycles. The van der Waals surface area contributed by atoms with Crippen molar-refractivity contribution in [2.75, 3.05) is 16.4 Å². The topological polar surface area (TPSA) is 87.6 Å². The molecular weight excluding hydrogens is 244 g/mol. The van der Waals surface area contributed by atoms with Gasteiger partial charge in [-0.25, -0.2) is 9.69 Å². The standard InChI is InChI=1S/C10H8N2O4S/c13-8-4-17-5-9(14)12(8)7-3-11-2-1-6(7)10(15)16/h1-3H,4-5H2,(H,15,16). The molecule has 88 valence electrons. The SMILES string of the molecule is O=C(O)c1ccncc1N1C(=O)CSCC1=O. The molecule has 6 nitrogen and oxygen atoms in total. The van der Waals surface area contributed by atoms with E-state index in [1.165, 1.54) is 30.2 Å². The number of carboxylic acids is 1. The number of rotatable bonds is 2. The number of thioether (sulfide) groups is 1. The van der Waals surface area contributed by atoms with Crippen molar-refractivity contribution in [1.29, 1.82) is 0 Å². The van der Waals surface area contributed by atoms with Gasteiger partial charge in [-0.2, -0.15) is 0 Å². The highest BCUT2D eigenvalue weighted by molar-refractivity contribution is 8.00. The molecular formula is C10H8N2O4S. The van der Waals surface area contributed by atoms with Gasteiger partial charge >= 0.3 is 5.97 Å². The zero-order chi connectivity index (χ0) is 12.4. The maximum atomic E-state index is 11.6. The van der Waals surface area contributed by atoms with Crippen molar-refractivity contribution in [3.63, 3.8) is 0 Å². The van der Waals surface area contributed by atoms with Crippen LogP contribution in [0.4, 0.5) is 5.69 Å². The van der Waals surface area contributed by atoms with Gasteiger partial charge in [0.1, 0.15) is 0 Å². The minimum atomic E-state index is -1.19. The van der Waals surface area contributed by atoms with Gasteiger partial charge in [0.25, 0.3) is 0 Å². The van der Waals surface area contributed by atoms with Gasteiger partial charge in [0, 0.05) is 6.20 Å². The average molecular weight is 252 g/mol. The maximum Gasteiger partial charge on any atom is 0.337 e. The third kappa shape index (κ3) is 2.14. The number of carbonyl (C=O) groups is 3. The van der Waals surface area contributed by atoms with E-state index in [2.05, 4.69) is 4.98 Å². The van der Waals surface area contributed by atoms with E-state index in [4.69, 9.17) is 5.11 Å². The minimum Gasteiger partial charge on any atom is -0.478 e. The summed E-state index contributed by atoms with van der Waals surface area (Å²) in [4.78, 5) is 38.9. The zero-order valence-electron chi connectivity index (χ0n) is 8.62. The number of hydrogen-bond acceptors (Lipinski definition) is 5. The third-order valence-electron chi connectivity index (χ3n) is 2.22. The summed E-state index contributed by atoms with van der Waals surface area (Å²) in [6.45, 7) is 0. The van der Waals surface area contributed by atoms with Crippen LogP contribution in [0.3, 0.4) is 0 Å². The zero-order valence-corrected chi connectivity index (χ0v) is 9.44. The second-order valence-electron chi connectivity index (χ2n) is 3.31. The quantitative estimate of drug-likeness (QED) is 0.766. The van der Waals surface area contributed by atoms with E-state index in [0.717, 1.165) is 4.90 Å². The van der Waals surface area contributed by atoms with Crippen LogP contribution in [0.25, 0.3) is 0 Å². The van der Waals surface area contributed by atoms with E-state index in [1.807, 2.05) is 0 Å². The van der Waals surface area contributed by atoms with Crippen LogP contribution in [0.5, 0.6) is 0 Å². The molecule has 0 aliphatic carbocycles. The highest BCUT2D eigenvalue weighted by Crippen LogP contribution is 2.24. The number of aromatic nitrogens is 1. The van der Waals surface area contributed by atoms with E-state index in [-0.39, 0.29) is 22.8 Å². The molecule has 0 atom stereocenters. The van der Waals surface area contributed by atoms with Crippen LogP contribution in [-0.4, -0.2) is 39.4 Å². The van der Waals surface area contributed by atoms with Crippen LogP contribution >= 0.6 is 11.8 Å². The lowest BCUT2D eigenvalue weighted by atomic mass is 10.2. The molecule has 0 spiro atoms. The first-order valence-corrected chi connectivity index (χ1v) is 5.87. The number of nitrogens with zero attached hydrogens (tertiary/aromatic N) is 2. The van der Waals surface area contributed by atoms with Crippen LogP contribution in [-0.2, 0) is 9.59 Å². The van der Waals surface area contributed by atoms with Gasteiger partial charge in [0.05, 0.1) is 29.0 Å². The lowest BCUT2D eigenvalue weighted by Gasteiger charge is -2.25. The van der Waals surface area contributed by atoms with Crippen molar-refractivity contribution >= 4 is 35.2 Å². The van der Waals surface area contributed by atoms with Crippen molar-refractivity contribution in [3.8, 4) is 0 Å². The summed E-state index contributed by atoms with van der Waals surface area (Å²) in [5.41, 5.74) is -0.0658. The van der Waals surface area contributed by atoms with Crippen molar-refractivity contribution in [3.05, 3.63) is 24.0 Å². The first-order chi connectivity index (χ1) is 8.11. The molecule has 0 radical (unpaired) electrons. The lowest BCUT2D eigenvalue weighted by Crippen LogP contribution is -2.43. The Morgan fingerprint density at radius 1 is 1.35 bits per heavy atom. The number of imide groups is 1. The summed E-state index contributed by atoms with van der Waals surface area (Å²) >= 11 is 1.22. The number of pyridine rings is 1. The van der Waals surface area contributed by atoms with Gasteiger partial charge in [-0.1, -0.05) is 0 Å². The number of amides is 2. The Balaban J connectivity index is 2.48. The fraction of sp³-hybridized carbons (Fsp3) is 0.200. The van der Waals surface area contributed by atoms with Gasteiger partial charge in [0.2, 0.25) is 11.8 Å². The summed E-state index contributed by atoms with van der Waals surface area (Å²) in [6, 6.07) is 1.26. The summed E-state index contributed by atoms with van der Waals surface area (Å²) < 4.78 is 0. The highest BCUT2D eigenvalue weighted by Gasteiger charge is 2.30. The van der Waals surface area contributed by atoms with E-state index >= 15 is 0 Å². The number of carboxylic acid groups (broad SMARTS) is 1. The number of anilines is 1. The Kier molecular flexibility index (Phi) is 3.10. The molecule has 17 heavy (non-hydrogen) atoms. The molecule has 0 bridgehead atoms. The van der Waals surface area contributed by atoms with E-state index in [9.17, 15) is 14.4 Å². The fourth-order valence-corrected chi connectivity index (χ4v) is 2.22. The van der Waals surface area contributed by atoms with Gasteiger partial charge in [0.15, 0.2) is 0 Å². The summed E-state index contributed by atoms with van der Waals surface area (Å²) in [7, 11) is 0. The van der Waals surface area contributed by atoms with Gasteiger partial charge in [-0.15, -0.1) is 11.8 Å². The Hall–Kier alpha value is -1.89. The van der Waals surface area contributed by atoms with Crippen LogP contribution in [0.15, 0.2) is 18.5 Å². The van der Waals surface area contributed by atoms with Crippen molar-refractivity contribution < 1.29 is 19.5 Å². The smallest absolute Gasteiger partial charge is 0.337 e. The van der Waals surface area contributed by atoms with Crippen LogP contribution in [0.1, 0.15) is 10.4 Å². The second kappa shape index (κ2) is 4.54. The Morgan fingerprint density at radius 3 is 2.59 bits per heavy atom. The van der Waals surface area contributed by atoms with E-state index < -0.39 is 17.8 Å². The highest BCUT2D eigenvalue weighted by atomic mass is 32.2.